The first-order valence-electron chi connectivity index (χ1n) is 12.6. The Labute approximate surface area is 207 Å². The highest BCUT2D eigenvalue weighted by Gasteiger charge is 2.45. The summed E-state index contributed by atoms with van der Waals surface area (Å²) in [6.07, 6.45) is 6.63. The standard InChI is InChI=1S/C29H35NO5/c31-26-20-27(35-21-22-12-14-24(15-13-22)23-8-4-3-5-9-23)25(10-6-1-2-7-11-28(32)33)29(26)30-16-18-34-19-17-30/h1-5,8-9,12-15,25,27,29H,6-7,10-11,16-21H2,(H,32,33)/b2-1-/t25-,27+,29+/m0/s1. The lowest BCUT2D eigenvalue weighted by Gasteiger charge is -2.35. The van der Waals surface area contributed by atoms with Gasteiger partial charge in [-0.1, -0.05) is 66.7 Å². The molecule has 1 saturated heterocycles. The minimum absolute atomic E-state index is 0.114. The van der Waals surface area contributed by atoms with Crippen molar-refractivity contribution < 1.29 is 24.2 Å². The number of carbonyl (C=O) groups is 2. The van der Waals surface area contributed by atoms with Crippen molar-refractivity contribution in [2.24, 2.45) is 5.92 Å². The summed E-state index contributed by atoms with van der Waals surface area (Å²) in [5.74, 6) is -0.404. The van der Waals surface area contributed by atoms with Gasteiger partial charge in [-0.25, -0.2) is 0 Å². The second-order valence-electron chi connectivity index (χ2n) is 9.32. The minimum Gasteiger partial charge on any atom is -0.481 e. The van der Waals surface area contributed by atoms with Crippen molar-refractivity contribution in [2.45, 2.75) is 50.9 Å². The molecular weight excluding hydrogens is 442 g/mol. The van der Waals surface area contributed by atoms with Gasteiger partial charge < -0.3 is 14.6 Å². The van der Waals surface area contributed by atoms with Crippen LogP contribution in [0.4, 0.5) is 0 Å². The number of aliphatic carboxylic acids is 1. The number of hydrogen-bond acceptors (Lipinski definition) is 5. The van der Waals surface area contributed by atoms with Gasteiger partial charge in [-0.3, -0.25) is 14.5 Å². The van der Waals surface area contributed by atoms with Gasteiger partial charge in [-0.2, -0.15) is 0 Å². The number of morpholine rings is 1. The number of carboxylic acid groups (broad SMARTS) is 1. The van der Waals surface area contributed by atoms with Crippen molar-refractivity contribution in [1.82, 2.24) is 4.90 Å². The van der Waals surface area contributed by atoms with E-state index < -0.39 is 5.97 Å². The predicted molar refractivity (Wildman–Crippen MR) is 135 cm³/mol. The van der Waals surface area contributed by atoms with Crippen LogP contribution in [-0.2, 0) is 25.7 Å². The van der Waals surface area contributed by atoms with Crippen LogP contribution in [-0.4, -0.2) is 60.2 Å². The first kappa shape index (κ1) is 25.3. The highest BCUT2D eigenvalue weighted by atomic mass is 16.5. The van der Waals surface area contributed by atoms with Crippen molar-refractivity contribution in [1.29, 1.82) is 0 Å². The molecule has 0 aromatic heterocycles. The summed E-state index contributed by atoms with van der Waals surface area (Å²) in [6.45, 7) is 3.34. The van der Waals surface area contributed by atoms with E-state index in [1.807, 2.05) is 30.4 Å². The summed E-state index contributed by atoms with van der Waals surface area (Å²) in [6, 6.07) is 18.6. The molecule has 2 aromatic carbocycles. The summed E-state index contributed by atoms with van der Waals surface area (Å²) in [7, 11) is 0. The maximum atomic E-state index is 13.1. The van der Waals surface area contributed by atoms with Gasteiger partial charge in [0.25, 0.3) is 0 Å². The zero-order chi connectivity index (χ0) is 24.5. The molecule has 2 aromatic rings. The smallest absolute Gasteiger partial charge is 0.303 e. The van der Waals surface area contributed by atoms with E-state index in [1.54, 1.807) is 0 Å². The third kappa shape index (κ3) is 7.10. The lowest BCUT2D eigenvalue weighted by atomic mass is 9.93. The van der Waals surface area contributed by atoms with E-state index in [0.717, 1.165) is 31.5 Å². The lowest BCUT2D eigenvalue weighted by molar-refractivity contribution is -0.136. The number of rotatable bonds is 11. The molecule has 6 nitrogen and oxygen atoms in total. The Balaban J connectivity index is 1.38. The highest BCUT2D eigenvalue weighted by molar-refractivity contribution is 5.87. The fourth-order valence-corrected chi connectivity index (χ4v) is 5.13. The maximum Gasteiger partial charge on any atom is 0.303 e. The van der Waals surface area contributed by atoms with Gasteiger partial charge >= 0.3 is 5.97 Å². The summed E-state index contributed by atoms with van der Waals surface area (Å²) in [5.41, 5.74) is 3.45. The van der Waals surface area contributed by atoms with Gasteiger partial charge in [0.05, 0.1) is 32.0 Å². The number of benzene rings is 2. The average molecular weight is 478 g/mol. The average Bonchev–Trinajstić information content (AvgIpc) is 3.20. The number of ether oxygens (including phenoxy) is 2. The number of allylic oxidation sites excluding steroid dienone is 2. The molecule has 2 aliphatic rings. The molecule has 0 unspecified atom stereocenters. The van der Waals surface area contributed by atoms with Gasteiger partial charge in [0.1, 0.15) is 0 Å². The summed E-state index contributed by atoms with van der Waals surface area (Å²) in [4.78, 5) is 26.1. The van der Waals surface area contributed by atoms with E-state index >= 15 is 0 Å². The molecule has 3 atom stereocenters. The van der Waals surface area contributed by atoms with Crippen molar-refractivity contribution in [3.05, 3.63) is 72.3 Å². The SMILES string of the molecule is O=C(O)CC/C=C\CC[C@H]1[C@H](OCc2ccc(-c3ccccc3)cc2)CC(=O)[C@@H]1N1CCOCC1. The second-order valence-corrected chi connectivity index (χ2v) is 9.32. The molecule has 0 amide bonds. The number of carbonyl (C=O) groups excluding carboxylic acids is 1. The van der Waals surface area contributed by atoms with Crippen LogP contribution in [0.2, 0.25) is 0 Å². The minimum atomic E-state index is -0.784. The van der Waals surface area contributed by atoms with Crippen LogP contribution in [0.15, 0.2) is 66.7 Å². The molecule has 1 saturated carbocycles. The van der Waals surface area contributed by atoms with Crippen LogP contribution in [0.1, 0.15) is 37.7 Å². The zero-order valence-corrected chi connectivity index (χ0v) is 20.2. The third-order valence-corrected chi connectivity index (χ3v) is 6.94. The lowest BCUT2D eigenvalue weighted by Crippen LogP contribution is -2.49. The van der Waals surface area contributed by atoms with Gasteiger partial charge in [0, 0.05) is 31.8 Å². The monoisotopic (exact) mass is 477 g/mol. The number of carboxylic acids is 1. The van der Waals surface area contributed by atoms with Gasteiger partial charge in [0.2, 0.25) is 0 Å². The first-order valence-corrected chi connectivity index (χ1v) is 12.6. The van der Waals surface area contributed by atoms with Crippen molar-refractivity contribution in [3.63, 3.8) is 0 Å². The van der Waals surface area contributed by atoms with Gasteiger partial charge in [0.15, 0.2) is 5.78 Å². The van der Waals surface area contributed by atoms with E-state index in [-0.39, 0.29) is 30.3 Å². The van der Waals surface area contributed by atoms with E-state index in [2.05, 4.69) is 41.3 Å². The molecule has 1 aliphatic carbocycles. The maximum absolute atomic E-state index is 13.1. The number of ketones is 1. The van der Waals surface area contributed by atoms with Crippen LogP contribution in [0, 0.1) is 5.92 Å². The fraction of sp³-hybridized carbons (Fsp3) is 0.448. The van der Waals surface area contributed by atoms with Crippen molar-refractivity contribution in [2.75, 3.05) is 26.3 Å². The van der Waals surface area contributed by atoms with E-state index in [9.17, 15) is 9.59 Å². The van der Waals surface area contributed by atoms with Crippen LogP contribution in [0.25, 0.3) is 11.1 Å². The van der Waals surface area contributed by atoms with Crippen molar-refractivity contribution in [3.8, 4) is 11.1 Å². The molecule has 35 heavy (non-hydrogen) atoms. The topological polar surface area (TPSA) is 76.1 Å². The zero-order valence-electron chi connectivity index (χ0n) is 20.2. The summed E-state index contributed by atoms with van der Waals surface area (Å²) in [5, 5.41) is 8.81. The second kappa shape index (κ2) is 12.8. The molecule has 1 heterocycles. The summed E-state index contributed by atoms with van der Waals surface area (Å²) >= 11 is 0. The molecular formula is C29H35NO5. The van der Waals surface area contributed by atoms with Crippen molar-refractivity contribution >= 4 is 11.8 Å². The van der Waals surface area contributed by atoms with Crippen LogP contribution in [0.5, 0.6) is 0 Å². The number of nitrogens with zero attached hydrogens (tertiary/aromatic N) is 1. The predicted octanol–water partition coefficient (Wildman–Crippen LogP) is 4.73. The summed E-state index contributed by atoms with van der Waals surface area (Å²) < 4.78 is 11.9. The van der Waals surface area contributed by atoms with Crippen LogP contribution in [0.3, 0.4) is 0 Å². The quantitative estimate of drug-likeness (QED) is 0.472. The van der Waals surface area contributed by atoms with Crippen LogP contribution < -0.4 is 0 Å². The number of Topliss-reactive ketones (excluding diaryl/α,β-unsaturated/α-hetero) is 1. The van der Waals surface area contributed by atoms with E-state index in [0.29, 0.717) is 32.7 Å². The first-order chi connectivity index (χ1) is 17.1. The van der Waals surface area contributed by atoms with E-state index in [1.165, 1.54) is 11.1 Å². The molecule has 6 heteroatoms. The third-order valence-electron chi connectivity index (χ3n) is 6.94. The Bertz CT molecular complexity index is 982. The van der Waals surface area contributed by atoms with Gasteiger partial charge in [-0.05, 0) is 36.0 Å². The molecule has 186 valence electrons. The molecule has 0 bridgehead atoms. The van der Waals surface area contributed by atoms with Gasteiger partial charge in [-0.15, -0.1) is 0 Å². The molecule has 1 aliphatic heterocycles. The normalized spacial score (nSPS) is 23.2. The Morgan fingerprint density at radius 1 is 1.00 bits per heavy atom. The molecule has 1 N–H and O–H groups in total. The fourth-order valence-electron chi connectivity index (χ4n) is 5.13. The molecule has 0 spiro atoms. The Hall–Kier alpha value is -2.80. The van der Waals surface area contributed by atoms with E-state index in [4.69, 9.17) is 14.6 Å². The molecule has 2 fully saturated rings. The van der Waals surface area contributed by atoms with Crippen LogP contribution >= 0.6 is 0 Å². The molecule has 4 rings (SSSR count). The molecule has 0 radical (unpaired) electrons. The largest absolute Gasteiger partial charge is 0.481 e. The Morgan fingerprint density at radius 2 is 1.69 bits per heavy atom. The Morgan fingerprint density at radius 3 is 2.40 bits per heavy atom. The Kier molecular flexibility index (Phi) is 9.23. The highest BCUT2D eigenvalue weighted by Crippen LogP contribution is 2.35. The number of hydrogen-bond donors (Lipinski definition) is 1.